The van der Waals surface area contributed by atoms with Crippen molar-refractivity contribution in [3.63, 3.8) is 0 Å². The molecule has 1 aliphatic carbocycles. The normalized spacial score (nSPS) is 21.5. The zero-order valence-corrected chi connectivity index (χ0v) is 13.7. The summed E-state index contributed by atoms with van der Waals surface area (Å²) in [4.78, 5) is 26.0. The molecule has 2 nitrogen and oxygen atoms in total. The summed E-state index contributed by atoms with van der Waals surface area (Å²) in [5.74, 6) is -0.482. The molecule has 3 aromatic rings. The second kappa shape index (κ2) is 6.48. The van der Waals surface area contributed by atoms with Gasteiger partial charge in [0.2, 0.25) is 0 Å². The van der Waals surface area contributed by atoms with E-state index in [9.17, 15) is 9.59 Å². The standard InChI is InChI=1S/C23H18O2/c24-22(17-12-6-2-7-13-17)20-19(16-10-4-1-5-11-16)21(20)23(25)18-14-8-3-9-15-18/h1-15,19-21H/t19?,20-,21+. The number of hydrogen-bond acceptors (Lipinski definition) is 2. The molecule has 0 saturated heterocycles. The third kappa shape index (κ3) is 2.91. The molecule has 4 rings (SSSR count). The molecule has 1 aliphatic rings. The summed E-state index contributed by atoms with van der Waals surface area (Å²) < 4.78 is 0. The van der Waals surface area contributed by atoms with Gasteiger partial charge in [-0.1, -0.05) is 91.0 Å². The van der Waals surface area contributed by atoms with E-state index in [1.807, 2.05) is 91.0 Å². The summed E-state index contributed by atoms with van der Waals surface area (Å²) in [5, 5.41) is 0. The molecule has 0 radical (unpaired) electrons. The van der Waals surface area contributed by atoms with Crippen LogP contribution >= 0.6 is 0 Å². The molecule has 1 saturated carbocycles. The lowest BCUT2D eigenvalue weighted by atomic mass is 10.0. The first kappa shape index (κ1) is 15.5. The van der Waals surface area contributed by atoms with E-state index in [1.165, 1.54) is 0 Å². The second-order valence-electron chi connectivity index (χ2n) is 6.45. The molecule has 122 valence electrons. The maximum Gasteiger partial charge on any atom is 0.167 e. The Morgan fingerprint density at radius 1 is 0.520 bits per heavy atom. The van der Waals surface area contributed by atoms with Crippen LogP contribution in [0.5, 0.6) is 0 Å². The summed E-state index contributed by atoms with van der Waals surface area (Å²) >= 11 is 0. The predicted octanol–water partition coefficient (Wildman–Crippen LogP) is 4.78. The third-order valence-electron chi connectivity index (χ3n) is 4.93. The van der Waals surface area contributed by atoms with Crippen LogP contribution < -0.4 is 0 Å². The van der Waals surface area contributed by atoms with Gasteiger partial charge in [-0.2, -0.15) is 0 Å². The number of carbonyl (C=O) groups excluding carboxylic acids is 2. The van der Waals surface area contributed by atoms with Crippen LogP contribution in [0.2, 0.25) is 0 Å². The van der Waals surface area contributed by atoms with Crippen LogP contribution in [0.4, 0.5) is 0 Å². The van der Waals surface area contributed by atoms with Crippen molar-refractivity contribution in [2.24, 2.45) is 11.8 Å². The van der Waals surface area contributed by atoms with Crippen molar-refractivity contribution in [3.05, 3.63) is 108 Å². The Balaban J connectivity index is 1.68. The van der Waals surface area contributed by atoms with Crippen LogP contribution in [0.3, 0.4) is 0 Å². The fourth-order valence-corrected chi connectivity index (χ4v) is 3.64. The highest BCUT2D eigenvalue weighted by molar-refractivity contribution is 6.09. The Kier molecular flexibility index (Phi) is 4.02. The van der Waals surface area contributed by atoms with E-state index >= 15 is 0 Å². The lowest BCUT2D eigenvalue weighted by Crippen LogP contribution is -2.09. The van der Waals surface area contributed by atoms with Crippen LogP contribution in [0, 0.1) is 11.8 Å². The number of ketones is 2. The highest BCUT2D eigenvalue weighted by Gasteiger charge is 2.58. The third-order valence-corrected chi connectivity index (χ3v) is 4.93. The van der Waals surface area contributed by atoms with Crippen molar-refractivity contribution in [2.75, 3.05) is 0 Å². The van der Waals surface area contributed by atoms with Gasteiger partial charge in [-0.15, -0.1) is 0 Å². The lowest BCUT2D eigenvalue weighted by molar-refractivity contribution is 0.0906. The van der Waals surface area contributed by atoms with Gasteiger partial charge >= 0.3 is 0 Å². The quantitative estimate of drug-likeness (QED) is 0.632. The van der Waals surface area contributed by atoms with Gasteiger partial charge in [0.05, 0.1) is 0 Å². The summed E-state index contributed by atoms with van der Waals surface area (Å²) in [6, 6.07) is 28.4. The van der Waals surface area contributed by atoms with E-state index in [0.717, 1.165) is 5.56 Å². The Bertz CT molecular complexity index is 828. The molecule has 3 aromatic carbocycles. The molecular formula is C23H18O2. The van der Waals surface area contributed by atoms with Crippen molar-refractivity contribution in [1.82, 2.24) is 0 Å². The fraction of sp³-hybridized carbons (Fsp3) is 0.130. The predicted molar refractivity (Wildman–Crippen MR) is 97.7 cm³/mol. The number of benzene rings is 3. The summed E-state index contributed by atoms with van der Waals surface area (Å²) in [5.41, 5.74) is 2.42. The zero-order valence-electron chi connectivity index (χ0n) is 13.7. The molecule has 0 amide bonds. The molecule has 0 spiro atoms. The van der Waals surface area contributed by atoms with Gasteiger partial charge in [0.15, 0.2) is 11.6 Å². The minimum Gasteiger partial charge on any atom is -0.294 e. The first-order valence-corrected chi connectivity index (χ1v) is 8.51. The Labute approximate surface area is 147 Å². The van der Waals surface area contributed by atoms with Gasteiger partial charge in [-0.05, 0) is 5.56 Å². The number of Topliss-reactive ketones (excluding diaryl/α,β-unsaturated/α-hetero) is 2. The Morgan fingerprint density at radius 3 is 1.28 bits per heavy atom. The summed E-state index contributed by atoms with van der Waals surface area (Å²) in [6.07, 6.45) is 0. The molecule has 0 bridgehead atoms. The van der Waals surface area contributed by atoms with Gasteiger partial charge < -0.3 is 0 Å². The van der Waals surface area contributed by atoms with Gasteiger partial charge in [-0.3, -0.25) is 9.59 Å². The largest absolute Gasteiger partial charge is 0.294 e. The number of rotatable bonds is 5. The molecule has 25 heavy (non-hydrogen) atoms. The van der Waals surface area contributed by atoms with E-state index < -0.39 is 0 Å². The van der Waals surface area contributed by atoms with Crippen molar-refractivity contribution in [3.8, 4) is 0 Å². The van der Waals surface area contributed by atoms with Crippen LogP contribution in [0.1, 0.15) is 32.2 Å². The van der Waals surface area contributed by atoms with Crippen molar-refractivity contribution in [1.29, 1.82) is 0 Å². The van der Waals surface area contributed by atoms with Crippen LogP contribution in [-0.2, 0) is 0 Å². The fourth-order valence-electron chi connectivity index (χ4n) is 3.64. The molecule has 0 N–H and O–H groups in total. The number of carbonyl (C=O) groups is 2. The van der Waals surface area contributed by atoms with E-state index in [0.29, 0.717) is 11.1 Å². The molecule has 0 aromatic heterocycles. The second-order valence-corrected chi connectivity index (χ2v) is 6.45. The zero-order chi connectivity index (χ0) is 17.2. The first-order valence-electron chi connectivity index (χ1n) is 8.51. The molecular weight excluding hydrogens is 308 g/mol. The van der Waals surface area contributed by atoms with Crippen molar-refractivity contribution >= 4 is 11.6 Å². The average Bonchev–Trinajstić information content (AvgIpc) is 3.44. The molecule has 0 aliphatic heterocycles. The topological polar surface area (TPSA) is 34.1 Å². The van der Waals surface area contributed by atoms with Gasteiger partial charge in [-0.25, -0.2) is 0 Å². The van der Waals surface area contributed by atoms with Crippen molar-refractivity contribution in [2.45, 2.75) is 5.92 Å². The van der Waals surface area contributed by atoms with Gasteiger partial charge in [0.25, 0.3) is 0 Å². The molecule has 0 heterocycles. The van der Waals surface area contributed by atoms with Gasteiger partial charge in [0.1, 0.15) is 0 Å². The Morgan fingerprint density at radius 2 is 0.880 bits per heavy atom. The monoisotopic (exact) mass is 326 g/mol. The SMILES string of the molecule is O=C(c1ccccc1)[C@@H]1C(c2ccccc2)[C@@H]1C(=O)c1ccccc1. The molecule has 2 heteroatoms. The highest BCUT2D eigenvalue weighted by atomic mass is 16.1. The first-order chi connectivity index (χ1) is 12.3. The minimum atomic E-state index is -0.280. The van der Waals surface area contributed by atoms with Gasteiger partial charge in [0, 0.05) is 28.9 Å². The van der Waals surface area contributed by atoms with Crippen LogP contribution in [-0.4, -0.2) is 11.6 Å². The summed E-state index contributed by atoms with van der Waals surface area (Å²) in [7, 11) is 0. The van der Waals surface area contributed by atoms with Crippen LogP contribution in [0.25, 0.3) is 0 Å². The van der Waals surface area contributed by atoms with Crippen LogP contribution in [0.15, 0.2) is 91.0 Å². The van der Waals surface area contributed by atoms with Crippen molar-refractivity contribution < 1.29 is 9.59 Å². The Hall–Kier alpha value is -3.00. The van der Waals surface area contributed by atoms with E-state index in [1.54, 1.807) is 0 Å². The summed E-state index contributed by atoms with van der Waals surface area (Å²) in [6.45, 7) is 0. The van der Waals surface area contributed by atoms with E-state index in [4.69, 9.17) is 0 Å². The minimum absolute atomic E-state index is 0.0402. The molecule has 3 atom stereocenters. The smallest absolute Gasteiger partial charge is 0.167 e. The molecule has 1 fully saturated rings. The number of hydrogen-bond donors (Lipinski definition) is 0. The molecule has 1 unspecified atom stereocenters. The average molecular weight is 326 g/mol. The van der Waals surface area contributed by atoms with E-state index in [-0.39, 0.29) is 29.3 Å². The van der Waals surface area contributed by atoms with E-state index in [2.05, 4.69) is 0 Å². The lowest BCUT2D eigenvalue weighted by Gasteiger charge is -2.00. The maximum absolute atomic E-state index is 13.0. The maximum atomic E-state index is 13.0. The highest BCUT2D eigenvalue weighted by Crippen LogP contribution is 2.56.